The minimum absolute atomic E-state index is 0.147. The maximum Gasteiger partial charge on any atom is 0.306 e. The molecule has 5 heteroatoms. The monoisotopic (exact) mass is 233 g/mol. The molecule has 0 bridgehead atoms. The van der Waals surface area contributed by atoms with Gasteiger partial charge in [0.15, 0.2) is 5.65 Å². The van der Waals surface area contributed by atoms with Gasteiger partial charge in [-0.1, -0.05) is 13.8 Å². The number of carboxylic acids is 1. The molecule has 0 aliphatic rings. The Balaban J connectivity index is 2.49. The van der Waals surface area contributed by atoms with Gasteiger partial charge < -0.3 is 9.67 Å². The number of rotatable bonds is 3. The molecule has 0 saturated carbocycles. The Bertz CT molecular complexity index is 562. The van der Waals surface area contributed by atoms with E-state index in [4.69, 9.17) is 5.11 Å². The summed E-state index contributed by atoms with van der Waals surface area (Å²) in [4.78, 5) is 19.7. The molecule has 0 radical (unpaired) electrons. The van der Waals surface area contributed by atoms with Crippen molar-refractivity contribution in [2.75, 3.05) is 0 Å². The average molecular weight is 233 g/mol. The second-order valence-corrected chi connectivity index (χ2v) is 4.29. The lowest BCUT2D eigenvalue weighted by Crippen LogP contribution is -2.19. The van der Waals surface area contributed by atoms with Crippen LogP contribution >= 0.6 is 0 Å². The summed E-state index contributed by atoms with van der Waals surface area (Å²) in [5.41, 5.74) is 1.58. The molecule has 0 spiro atoms. The average Bonchev–Trinajstić information content (AvgIpc) is 2.65. The number of hydrogen-bond donors (Lipinski definition) is 1. The summed E-state index contributed by atoms with van der Waals surface area (Å²) in [5.74, 6) is -0.664. The van der Waals surface area contributed by atoms with E-state index in [9.17, 15) is 4.79 Å². The summed E-state index contributed by atoms with van der Waals surface area (Å²) < 4.78 is 1.86. The first-order chi connectivity index (χ1) is 8.02. The number of aromatic nitrogens is 3. The van der Waals surface area contributed by atoms with Crippen molar-refractivity contribution in [3.05, 3.63) is 24.2 Å². The minimum Gasteiger partial charge on any atom is -0.481 e. The molecule has 0 fully saturated rings. The van der Waals surface area contributed by atoms with Crippen molar-refractivity contribution in [1.29, 1.82) is 0 Å². The van der Waals surface area contributed by atoms with Crippen molar-refractivity contribution in [3.63, 3.8) is 0 Å². The van der Waals surface area contributed by atoms with E-state index in [1.54, 1.807) is 13.1 Å². The number of pyridine rings is 1. The first-order valence-electron chi connectivity index (χ1n) is 5.52. The van der Waals surface area contributed by atoms with E-state index in [-0.39, 0.29) is 5.92 Å². The zero-order chi connectivity index (χ0) is 12.6. The maximum atomic E-state index is 11.0. The fraction of sp³-hybridized carbons (Fsp3) is 0.417. The van der Waals surface area contributed by atoms with E-state index in [1.807, 2.05) is 30.7 Å². The van der Waals surface area contributed by atoms with E-state index in [0.29, 0.717) is 0 Å². The zero-order valence-electron chi connectivity index (χ0n) is 10.1. The highest BCUT2D eigenvalue weighted by atomic mass is 16.4. The smallest absolute Gasteiger partial charge is 0.306 e. The molecule has 2 atom stereocenters. The van der Waals surface area contributed by atoms with Crippen molar-refractivity contribution < 1.29 is 9.90 Å². The lowest BCUT2D eigenvalue weighted by Gasteiger charge is -2.15. The number of carboxylic acid groups (broad SMARTS) is 1. The molecule has 5 nitrogen and oxygen atoms in total. The molecule has 17 heavy (non-hydrogen) atoms. The van der Waals surface area contributed by atoms with Crippen LogP contribution in [0.15, 0.2) is 18.3 Å². The van der Waals surface area contributed by atoms with Gasteiger partial charge in [0, 0.05) is 19.2 Å². The molecule has 0 aliphatic carbocycles. The summed E-state index contributed by atoms with van der Waals surface area (Å²) in [5, 5.41) is 9.03. The zero-order valence-corrected chi connectivity index (χ0v) is 10.1. The summed E-state index contributed by atoms with van der Waals surface area (Å²) in [7, 11) is 1.86. The van der Waals surface area contributed by atoms with Crippen molar-refractivity contribution >= 4 is 17.1 Å². The Kier molecular flexibility index (Phi) is 2.83. The van der Waals surface area contributed by atoms with Crippen LogP contribution in [0.3, 0.4) is 0 Å². The molecule has 0 amide bonds. The molecule has 2 unspecified atom stereocenters. The quantitative estimate of drug-likeness (QED) is 0.877. The van der Waals surface area contributed by atoms with Crippen molar-refractivity contribution in [1.82, 2.24) is 14.5 Å². The van der Waals surface area contributed by atoms with E-state index in [1.165, 1.54) is 0 Å². The molecule has 90 valence electrons. The first kappa shape index (κ1) is 11.6. The molecule has 0 aliphatic heterocycles. The lowest BCUT2D eigenvalue weighted by atomic mass is 9.95. The van der Waals surface area contributed by atoms with Crippen molar-refractivity contribution in [3.8, 4) is 0 Å². The molecule has 2 aromatic rings. The highest BCUT2D eigenvalue weighted by Crippen LogP contribution is 2.25. The number of fused-ring (bicyclic) bond motifs is 1. The van der Waals surface area contributed by atoms with Gasteiger partial charge >= 0.3 is 5.97 Å². The van der Waals surface area contributed by atoms with Gasteiger partial charge in [0.2, 0.25) is 0 Å². The number of imidazole rings is 1. The Morgan fingerprint density at radius 3 is 2.76 bits per heavy atom. The van der Waals surface area contributed by atoms with Crippen LogP contribution in [0.1, 0.15) is 25.6 Å². The summed E-state index contributed by atoms with van der Waals surface area (Å²) in [6.45, 7) is 3.57. The maximum absolute atomic E-state index is 11.0. The largest absolute Gasteiger partial charge is 0.481 e. The van der Waals surface area contributed by atoms with Gasteiger partial charge in [-0.2, -0.15) is 0 Å². The highest BCUT2D eigenvalue weighted by molar-refractivity contribution is 5.73. The van der Waals surface area contributed by atoms with Crippen LogP contribution < -0.4 is 0 Å². The number of hydrogen-bond acceptors (Lipinski definition) is 3. The second-order valence-electron chi connectivity index (χ2n) is 4.29. The number of aryl methyl sites for hydroxylation is 1. The van der Waals surface area contributed by atoms with Gasteiger partial charge in [0.25, 0.3) is 0 Å². The second kappa shape index (κ2) is 4.16. The summed E-state index contributed by atoms with van der Waals surface area (Å²) >= 11 is 0. The van der Waals surface area contributed by atoms with Gasteiger partial charge in [-0.05, 0) is 12.1 Å². The minimum atomic E-state index is -0.808. The predicted octanol–water partition coefficient (Wildman–Crippen LogP) is 1.79. The van der Waals surface area contributed by atoms with E-state index in [0.717, 1.165) is 17.0 Å². The van der Waals surface area contributed by atoms with Crippen LogP contribution in [0.5, 0.6) is 0 Å². The fourth-order valence-electron chi connectivity index (χ4n) is 1.89. The van der Waals surface area contributed by atoms with Gasteiger partial charge in [0.05, 0.1) is 5.92 Å². The number of carbonyl (C=O) groups is 1. The third kappa shape index (κ3) is 1.88. The molecule has 2 aromatic heterocycles. The predicted molar refractivity (Wildman–Crippen MR) is 63.7 cm³/mol. The van der Waals surface area contributed by atoms with Crippen LogP contribution in [0.2, 0.25) is 0 Å². The van der Waals surface area contributed by atoms with Gasteiger partial charge in [-0.25, -0.2) is 9.97 Å². The van der Waals surface area contributed by atoms with Crippen LogP contribution in [0.4, 0.5) is 0 Å². The first-order valence-corrected chi connectivity index (χ1v) is 5.52. The molecule has 2 rings (SSSR count). The molecule has 0 saturated heterocycles. The van der Waals surface area contributed by atoms with E-state index < -0.39 is 11.9 Å². The molecular formula is C12H15N3O2. The SMILES string of the molecule is CC(C(=O)O)C(C)c1nc2cccnc2n1C. The summed E-state index contributed by atoms with van der Waals surface area (Å²) in [6.07, 6.45) is 1.71. The third-order valence-electron chi connectivity index (χ3n) is 3.21. The Morgan fingerprint density at radius 2 is 2.18 bits per heavy atom. The highest BCUT2D eigenvalue weighted by Gasteiger charge is 2.25. The van der Waals surface area contributed by atoms with E-state index >= 15 is 0 Å². The van der Waals surface area contributed by atoms with Gasteiger partial charge in [-0.3, -0.25) is 4.79 Å². The Hall–Kier alpha value is -1.91. The Labute approximate surface area is 99.1 Å². The lowest BCUT2D eigenvalue weighted by molar-refractivity contribution is -0.141. The van der Waals surface area contributed by atoms with Gasteiger partial charge in [-0.15, -0.1) is 0 Å². The Morgan fingerprint density at radius 1 is 1.47 bits per heavy atom. The number of aliphatic carboxylic acids is 1. The molecule has 0 aromatic carbocycles. The van der Waals surface area contributed by atoms with Gasteiger partial charge in [0.1, 0.15) is 11.3 Å². The molecule has 2 heterocycles. The third-order valence-corrected chi connectivity index (χ3v) is 3.21. The fourth-order valence-corrected chi connectivity index (χ4v) is 1.89. The normalized spacial score (nSPS) is 14.8. The van der Waals surface area contributed by atoms with Crippen LogP contribution in [0, 0.1) is 5.92 Å². The molecule has 1 N–H and O–H groups in total. The van der Waals surface area contributed by atoms with E-state index in [2.05, 4.69) is 9.97 Å². The molecular weight excluding hydrogens is 218 g/mol. The standard InChI is InChI=1S/C12H15N3O2/c1-7(8(2)12(16)17)10-14-9-5-4-6-13-11(9)15(10)3/h4-8H,1-3H3,(H,16,17). The van der Waals surface area contributed by atoms with Crippen LogP contribution in [0.25, 0.3) is 11.2 Å². The van der Waals surface area contributed by atoms with Crippen molar-refractivity contribution in [2.45, 2.75) is 19.8 Å². The van der Waals surface area contributed by atoms with Crippen LogP contribution in [-0.2, 0) is 11.8 Å². The van der Waals surface area contributed by atoms with Crippen molar-refractivity contribution in [2.24, 2.45) is 13.0 Å². The van der Waals surface area contributed by atoms with Crippen LogP contribution in [-0.4, -0.2) is 25.6 Å². The number of nitrogens with zero attached hydrogens (tertiary/aromatic N) is 3. The topological polar surface area (TPSA) is 68.0 Å². The summed E-state index contributed by atoms with van der Waals surface area (Å²) in [6, 6.07) is 3.70.